The number of rotatable bonds is 8. The predicted octanol–water partition coefficient (Wildman–Crippen LogP) is 2.89. The molecule has 5 nitrogen and oxygen atoms in total. The van der Waals surface area contributed by atoms with Crippen molar-refractivity contribution in [2.45, 2.75) is 26.7 Å². The fourth-order valence-corrected chi connectivity index (χ4v) is 3.39. The molecular formula is C20H28N4OS. The molecule has 3 N–H and O–H groups in total. The molecule has 0 aliphatic rings. The number of hydrogen-bond donors (Lipinski definition) is 3. The van der Waals surface area contributed by atoms with Crippen LogP contribution in [0.25, 0.3) is 0 Å². The Bertz CT molecular complexity index is 705. The van der Waals surface area contributed by atoms with Crippen LogP contribution >= 0.6 is 11.3 Å². The third kappa shape index (κ3) is 6.88. The zero-order valence-corrected chi connectivity index (χ0v) is 16.6. The first-order chi connectivity index (χ1) is 12.6. The van der Waals surface area contributed by atoms with Gasteiger partial charge in [0.1, 0.15) is 0 Å². The minimum Gasteiger partial charge on any atom is -0.356 e. The number of aryl methyl sites for hydroxylation is 2. The SMILES string of the molecule is CN=C(NCCCNC(=O)c1cccs1)NCCc1cc(C)cc(C)c1. The van der Waals surface area contributed by atoms with E-state index in [1.54, 1.807) is 7.05 Å². The predicted molar refractivity (Wildman–Crippen MR) is 110 cm³/mol. The van der Waals surface area contributed by atoms with E-state index in [9.17, 15) is 4.79 Å². The summed E-state index contributed by atoms with van der Waals surface area (Å²) in [6, 6.07) is 10.4. The van der Waals surface area contributed by atoms with E-state index < -0.39 is 0 Å². The highest BCUT2D eigenvalue weighted by molar-refractivity contribution is 7.12. The van der Waals surface area contributed by atoms with Crippen molar-refractivity contribution < 1.29 is 4.79 Å². The molecule has 0 bridgehead atoms. The smallest absolute Gasteiger partial charge is 0.261 e. The lowest BCUT2D eigenvalue weighted by Gasteiger charge is -2.12. The van der Waals surface area contributed by atoms with Gasteiger partial charge in [-0.25, -0.2) is 0 Å². The van der Waals surface area contributed by atoms with Crippen molar-refractivity contribution >= 4 is 23.2 Å². The van der Waals surface area contributed by atoms with Gasteiger partial charge >= 0.3 is 0 Å². The molecule has 0 unspecified atom stereocenters. The van der Waals surface area contributed by atoms with Crippen LogP contribution in [0.3, 0.4) is 0 Å². The van der Waals surface area contributed by atoms with Crippen molar-refractivity contribution in [2.24, 2.45) is 4.99 Å². The minimum absolute atomic E-state index is 0.00375. The third-order valence-electron chi connectivity index (χ3n) is 3.89. The van der Waals surface area contributed by atoms with Gasteiger partial charge in [0.15, 0.2) is 5.96 Å². The van der Waals surface area contributed by atoms with Crippen molar-refractivity contribution in [3.63, 3.8) is 0 Å². The monoisotopic (exact) mass is 372 g/mol. The number of aliphatic imine (C=N–C) groups is 1. The Kier molecular flexibility index (Phi) is 8.15. The minimum atomic E-state index is -0.00375. The molecule has 2 rings (SSSR count). The molecule has 140 valence electrons. The quantitative estimate of drug-likeness (QED) is 0.379. The van der Waals surface area contributed by atoms with Crippen LogP contribution in [-0.4, -0.2) is 38.5 Å². The second-order valence-electron chi connectivity index (χ2n) is 6.26. The first-order valence-electron chi connectivity index (χ1n) is 8.92. The summed E-state index contributed by atoms with van der Waals surface area (Å²) < 4.78 is 0. The summed E-state index contributed by atoms with van der Waals surface area (Å²) in [6.45, 7) is 6.48. The second kappa shape index (κ2) is 10.6. The van der Waals surface area contributed by atoms with E-state index in [1.165, 1.54) is 28.0 Å². The zero-order chi connectivity index (χ0) is 18.8. The third-order valence-corrected chi connectivity index (χ3v) is 4.76. The fourth-order valence-electron chi connectivity index (χ4n) is 2.75. The van der Waals surface area contributed by atoms with Gasteiger partial charge in [0.25, 0.3) is 5.91 Å². The summed E-state index contributed by atoms with van der Waals surface area (Å²) in [4.78, 5) is 16.8. The van der Waals surface area contributed by atoms with Crippen LogP contribution in [0.5, 0.6) is 0 Å². The summed E-state index contributed by atoms with van der Waals surface area (Å²) in [5.74, 6) is 0.787. The largest absolute Gasteiger partial charge is 0.356 e. The van der Waals surface area contributed by atoms with Gasteiger partial charge in [-0.3, -0.25) is 9.79 Å². The van der Waals surface area contributed by atoms with Crippen LogP contribution < -0.4 is 16.0 Å². The van der Waals surface area contributed by atoms with Gasteiger partial charge in [-0.2, -0.15) is 0 Å². The molecule has 1 amide bonds. The molecule has 0 radical (unpaired) electrons. The average Bonchev–Trinajstić information content (AvgIpc) is 3.13. The van der Waals surface area contributed by atoms with E-state index >= 15 is 0 Å². The maximum atomic E-state index is 11.8. The van der Waals surface area contributed by atoms with Gasteiger partial charge in [0.2, 0.25) is 0 Å². The van der Waals surface area contributed by atoms with Crippen LogP contribution in [0.2, 0.25) is 0 Å². The van der Waals surface area contributed by atoms with Crippen molar-refractivity contribution in [2.75, 3.05) is 26.7 Å². The number of benzene rings is 1. The molecule has 1 aromatic carbocycles. The second-order valence-corrected chi connectivity index (χ2v) is 7.21. The topological polar surface area (TPSA) is 65.5 Å². The number of nitrogens with one attached hydrogen (secondary N) is 3. The summed E-state index contributed by atoms with van der Waals surface area (Å²) in [6.07, 6.45) is 1.80. The molecule has 0 saturated heterocycles. The van der Waals surface area contributed by atoms with E-state index in [0.29, 0.717) is 6.54 Å². The van der Waals surface area contributed by atoms with Gasteiger partial charge < -0.3 is 16.0 Å². The van der Waals surface area contributed by atoms with Gasteiger partial charge in [0.05, 0.1) is 4.88 Å². The highest BCUT2D eigenvalue weighted by Crippen LogP contribution is 2.09. The van der Waals surface area contributed by atoms with E-state index in [4.69, 9.17) is 0 Å². The van der Waals surface area contributed by atoms with Gasteiger partial charge in [-0.1, -0.05) is 35.4 Å². The number of thiophene rings is 1. The molecule has 0 spiro atoms. The molecule has 0 saturated carbocycles. The van der Waals surface area contributed by atoms with E-state index in [2.05, 4.69) is 53.0 Å². The van der Waals surface area contributed by atoms with Crippen molar-refractivity contribution in [1.29, 1.82) is 0 Å². The molecule has 0 fully saturated rings. The fraction of sp³-hybridized carbons (Fsp3) is 0.400. The van der Waals surface area contributed by atoms with Crippen LogP contribution in [0.4, 0.5) is 0 Å². The van der Waals surface area contributed by atoms with Gasteiger partial charge in [-0.15, -0.1) is 11.3 Å². The molecule has 26 heavy (non-hydrogen) atoms. The Labute approximate surface area is 159 Å². The highest BCUT2D eigenvalue weighted by atomic mass is 32.1. The first kappa shape index (κ1) is 20.0. The average molecular weight is 373 g/mol. The van der Waals surface area contributed by atoms with E-state index in [1.807, 2.05) is 17.5 Å². The number of amides is 1. The molecule has 2 aromatic rings. The molecule has 0 atom stereocenters. The normalized spacial score (nSPS) is 11.3. The summed E-state index contributed by atoms with van der Waals surface area (Å²) in [5.41, 5.74) is 3.93. The highest BCUT2D eigenvalue weighted by Gasteiger charge is 2.05. The Morgan fingerprint density at radius 3 is 2.38 bits per heavy atom. The Morgan fingerprint density at radius 1 is 1.04 bits per heavy atom. The first-order valence-corrected chi connectivity index (χ1v) is 9.80. The van der Waals surface area contributed by atoms with Crippen LogP contribution in [0, 0.1) is 13.8 Å². The number of carbonyl (C=O) groups is 1. The van der Waals surface area contributed by atoms with Crippen molar-refractivity contribution in [3.05, 3.63) is 57.3 Å². The molecule has 1 heterocycles. The molecule has 1 aromatic heterocycles. The number of carbonyl (C=O) groups excluding carboxylic acids is 1. The van der Waals surface area contributed by atoms with Crippen LogP contribution in [0.15, 0.2) is 40.7 Å². The van der Waals surface area contributed by atoms with Crippen molar-refractivity contribution in [3.8, 4) is 0 Å². The summed E-state index contributed by atoms with van der Waals surface area (Å²) in [7, 11) is 1.77. The lowest BCUT2D eigenvalue weighted by molar-refractivity contribution is 0.0957. The zero-order valence-electron chi connectivity index (χ0n) is 15.8. The Hall–Kier alpha value is -2.34. The van der Waals surface area contributed by atoms with Crippen LogP contribution in [-0.2, 0) is 6.42 Å². The van der Waals surface area contributed by atoms with Gasteiger partial charge in [-0.05, 0) is 43.7 Å². The summed E-state index contributed by atoms with van der Waals surface area (Å²) in [5, 5.41) is 11.4. The Balaban J connectivity index is 1.61. The molecule has 6 heteroatoms. The number of nitrogens with zero attached hydrogens (tertiary/aromatic N) is 1. The van der Waals surface area contributed by atoms with Gasteiger partial charge in [0, 0.05) is 26.7 Å². The maximum absolute atomic E-state index is 11.8. The lowest BCUT2D eigenvalue weighted by atomic mass is 10.1. The lowest BCUT2D eigenvalue weighted by Crippen LogP contribution is -2.39. The number of hydrogen-bond acceptors (Lipinski definition) is 3. The molecule has 0 aliphatic carbocycles. The van der Waals surface area contributed by atoms with Crippen molar-refractivity contribution in [1.82, 2.24) is 16.0 Å². The van der Waals surface area contributed by atoms with E-state index in [-0.39, 0.29) is 5.91 Å². The number of guanidine groups is 1. The maximum Gasteiger partial charge on any atom is 0.261 e. The van der Waals surface area contributed by atoms with Crippen LogP contribution in [0.1, 0.15) is 32.8 Å². The molecule has 0 aliphatic heterocycles. The van der Waals surface area contributed by atoms with E-state index in [0.717, 1.165) is 36.8 Å². The summed E-state index contributed by atoms with van der Waals surface area (Å²) >= 11 is 1.46. The standard InChI is InChI=1S/C20H28N4OS/c1-15-12-16(2)14-17(13-15)7-10-24-20(21-3)23-9-5-8-22-19(25)18-6-4-11-26-18/h4,6,11-14H,5,7-10H2,1-3H3,(H,22,25)(H2,21,23,24). The Morgan fingerprint density at radius 2 is 1.73 bits per heavy atom. The molecular weight excluding hydrogens is 344 g/mol.